The fourth-order valence-electron chi connectivity index (χ4n) is 4.01. The number of nitrogens with two attached hydrogens (primary N) is 1. The zero-order chi connectivity index (χ0) is 23.9. The van der Waals surface area contributed by atoms with Crippen LogP contribution >= 0.6 is 0 Å². The van der Waals surface area contributed by atoms with E-state index in [1.807, 2.05) is 54.6 Å². The van der Waals surface area contributed by atoms with Crippen molar-refractivity contribution in [1.29, 1.82) is 5.26 Å². The Labute approximate surface area is 198 Å². The molecule has 4 rings (SSSR count). The number of aromatic nitrogens is 2. The van der Waals surface area contributed by atoms with Crippen molar-refractivity contribution in [2.75, 3.05) is 11.1 Å². The van der Waals surface area contributed by atoms with Crippen LogP contribution in [0, 0.1) is 11.3 Å². The number of carbonyl (C=O) groups excluding carboxylic acids is 1. The predicted octanol–water partition coefficient (Wildman–Crippen LogP) is 4.44. The molecule has 34 heavy (non-hydrogen) atoms. The van der Waals surface area contributed by atoms with E-state index in [1.165, 1.54) is 6.33 Å². The molecule has 0 aliphatic heterocycles. The molecule has 1 aliphatic carbocycles. The molecule has 1 fully saturated rings. The molecule has 1 amide bonds. The van der Waals surface area contributed by atoms with Crippen LogP contribution < -0.4 is 21.1 Å². The molecule has 1 aliphatic rings. The third-order valence-corrected chi connectivity index (χ3v) is 5.81. The Morgan fingerprint density at radius 2 is 1.65 bits per heavy atom. The number of amides is 1. The summed E-state index contributed by atoms with van der Waals surface area (Å²) in [5.74, 6) is 2.16. The minimum atomic E-state index is -0.399. The van der Waals surface area contributed by atoms with Crippen LogP contribution in [0.2, 0.25) is 0 Å². The molecule has 0 radical (unpaired) electrons. The number of rotatable bonds is 7. The normalized spacial score (nSPS) is 17.3. The van der Waals surface area contributed by atoms with Crippen LogP contribution in [0.3, 0.4) is 0 Å². The quantitative estimate of drug-likeness (QED) is 0.356. The molecule has 0 unspecified atom stereocenters. The molecule has 0 spiro atoms. The Bertz CT molecular complexity index is 1200. The minimum absolute atomic E-state index is 0.0303. The van der Waals surface area contributed by atoms with Crippen LogP contribution in [0.25, 0.3) is 11.1 Å². The van der Waals surface area contributed by atoms with Gasteiger partial charge in [0.2, 0.25) is 0 Å². The van der Waals surface area contributed by atoms with Gasteiger partial charge in [-0.15, -0.1) is 0 Å². The minimum Gasteiger partial charge on any atom is -0.457 e. The summed E-state index contributed by atoms with van der Waals surface area (Å²) in [5, 5.41) is 15.2. The van der Waals surface area contributed by atoms with Gasteiger partial charge in [0.1, 0.15) is 41.1 Å². The highest BCUT2D eigenvalue weighted by atomic mass is 16.5. The Morgan fingerprint density at radius 1 is 1.00 bits per heavy atom. The first kappa shape index (κ1) is 22.8. The first-order valence-electron chi connectivity index (χ1n) is 11.1. The van der Waals surface area contributed by atoms with Crippen molar-refractivity contribution in [2.45, 2.75) is 37.8 Å². The van der Waals surface area contributed by atoms with Crippen molar-refractivity contribution < 1.29 is 9.53 Å². The first-order valence-corrected chi connectivity index (χ1v) is 11.1. The fraction of sp³-hybridized carbons (Fsp3) is 0.231. The summed E-state index contributed by atoms with van der Waals surface area (Å²) in [4.78, 5) is 20.5. The second-order valence-corrected chi connectivity index (χ2v) is 8.18. The number of nitrogen functional groups attached to an aromatic ring is 1. The number of para-hydroxylation sites is 1. The molecule has 8 heteroatoms. The van der Waals surface area contributed by atoms with E-state index in [0.717, 1.165) is 48.3 Å². The van der Waals surface area contributed by atoms with Crippen LogP contribution in [-0.4, -0.2) is 28.0 Å². The van der Waals surface area contributed by atoms with E-state index in [4.69, 9.17) is 15.7 Å². The lowest BCUT2D eigenvalue weighted by Gasteiger charge is -2.30. The summed E-state index contributed by atoms with van der Waals surface area (Å²) >= 11 is 0. The standard InChI is InChI=1S/C26H26N6O2/c1-17(15-27)26(33)32-20-11-9-19(10-12-20)31-25-23(24(28)29-16-30-25)18-7-13-22(14-8-18)34-21-5-3-2-4-6-21/h2-8,13-14,16,19-20H,1,9-12H2,(H,32,33)(H3,28,29,30,31). The average molecular weight is 455 g/mol. The van der Waals surface area contributed by atoms with Crippen LogP contribution in [0.15, 0.2) is 73.1 Å². The van der Waals surface area contributed by atoms with Crippen molar-refractivity contribution in [2.24, 2.45) is 0 Å². The van der Waals surface area contributed by atoms with Gasteiger partial charge in [0.15, 0.2) is 0 Å². The molecule has 172 valence electrons. The van der Waals surface area contributed by atoms with Crippen molar-refractivity contribution in [3.05, 3.63) is 73.1 Å². The van der Waals surface area contributed by atoms with Gasteiger partial charge >= 0.3 is 0 Å². The molecule has 8 nitrogen and oxygen atoms in total. The zero-order valence-corrected chi connectivity index (χ0v) is 18.7. The summed E-state index contributed by atoms with van der Waals surface area (Å²) in [6.07, 6.45) is 4.73. The molecular weight excluding hydrogens is 428 g/mol. The summed E-state index contributed by atoms with van der Waals surface area (Å²) in [7, 11) is 0. The summed E-state index contributed by atoms with van der Waals surface area (Å²) < 4.78 is 5.88. The number of benzene rings is 2. The lowest BCUT2D eigenvalue weighted by molar-refractivity contribution is -0.118. The predicted molar refractivity (Wildman–Crippen MR) is 131 cm³/mol. The zero-order valence-electron chi connectivity index (χ0n) is 18.7. The smallest absolute Gasteiger partial charge is 0.261 e. The van der Waals surface area contributed by atoms with Crippen molar-refractivity contribution >= 4 is 17.5 Å². The van der Waals surface area contributed by atoms with E-state index < -0.39 is 5.91 Å². The van der Waals surface area contributed by atoms with E-state index >= 15 is 0 Å². The van der Waals surface area contributed by atoms with Gasteiger partial charge in [0.05, 0.1) is 5.56 Å². The maximum absolute atomic E-state index is 11.9. The van der Waals surface area contributed by atoms with Gasteiger partial charge in [-0.1, -0.05) is 36.9 Å². The Balaban J connectivity index is 1.42. The van der Waals surface area contributed by atoms with Crippen LogP contribution in [0.1, 0.15) is 25.7 Å². The van der Waals surface area contributed by atoms with Gasteiger partial charge in [-0.05, 0) is 55.5 Å². The molecule has 2 aromatic carbocycles. The third-order valence-electron chi connectivity index (χ3n) is 5.81. The maximum Gasteiger partial charge on any atom is 0.261 e. The van der Waals surface area contributed by atoms with Crippen LogP contribution in [-0.2, 0) is 4.79 Å². The van der Waals surface area contributed by atoms with Gasteiger partial charge in [-0.3, -0.25) is 4.79 Å². The third kappa shape index (κ3) is 5.51. The molecule has 4 N–H and O–H groups in total. The highest BCUT2D eigenvalue weighted by molar-refractivity contribution is 5.96. The van der Waals surface area contributed by atoms with Crippen molar-refractivity contribution in [1.82, 2.24) is 15.3 Å². The molecule has 1 saturated carbocycles. The summed E-state index contributed by atoms with van der Waals surface area (Å²) in [5.41, 5.74) is 7.80. The number of hydrogen-bond acceptors (Lipinski definition) is 7. The number of hydrogen-bond donors (Lipinski definition) is 3. The second kappa shape index (κ2) is 10.5. The van der Waals surface area contributed by atoms with E-state index in [0.29, 0.717) is 11.6 Å². The van der Waals surface area contributed by atoms with Crippen molar-refractivity contribution in [3.8, 4) is 28.7 Å². The largest absolute Gasteiger partial charge is 0.457 e. The Morgan fingerprint density at radius 3 is 2.32 bits per heavy atom. The summed E-state index contributed by atoms with van der Waals surface area (Å²) in [6, 6.07) is 19.2. The average Bonchev–Trinajstić information content (AvgIpc) is 2.86. The molecule has 1 heterocycles. The van der Waals surface area contributed by atoms with Gasteiger partial charge in [0.25, 0.3) is 5.91 Å². The fourth-order valence-corrected chi connectivity index (χ4v) is 4.01. The molecular formula is C26H26N6O2. The first-order chi connectivity index (χ1) is 16.5. The number of anilines is 2. The molecule has 0 bridgehead atoms. The lowest BCUT2D eigenvalue weighted by atomic mass is 9.90. The van der Waals surface area contributed by atoms with Crippen molar-refractivity contribution in [3.63, 3.8) is 0 Å². The van der Waals surface area contributed by atoms with Gasteiger partial charge in [0, 0.05) is 12.1 Å². The van der Waals surface area contributed by atoms with E-state index in [2.05, 4.69) is 27.2 Å². The SMILES string of the molecule is C=C(C#N)C(=O)NC1CCC(Nc2ncnc(N)c2-c2ccc(Oc3ccccc3)cc2)CC1. The second-order valence-electron chi connectivity index (χ2n) is 8.18. The van der Waals surface area contributed by atoms with Gasteiger partial charge in [-0.25, -0.2) is 9.97 Å². The lowest BCUT2D eigenvalue weighted by Crippen LogP contribution is -2.40. The van der Waals surface area contributed by atoms with Gasteiger partial charge in [-0.2, -0.15) is 5.26 Å². The number of ether oxygens (including phenoxy) is 1. The van der Waals surface area contributed by atoms with Crippen LogP contribution in [0.4, 0.5) is 11.6 Å². The molecule has 0 saturated heterocycles. The van der Waals surface area contributed by atoms with E-state index in [9.17, 15) is 4.79 Å². The monoisotopic (exact) mass is 454 g/mol. The Hall–Kier alpha value is -4.38. The number of carbonyl (C=O) groups is 1. The Kier molecular flexibility index (Phi) is 7.04. The number of nitrogens with one attached hydrogen (secondary N) is 2. The van der Waals surface area contributed by atoms with Crippen LogP contribution in [0.5, 0.6) is 11.5 Å². The number of nitriles is 1. The van der Waals surface area contributed by atoms with E-state index in [-0.39, 0.29) is 17.7 Å². The number of nitrogens with zero attached hydrogens (tertiary/aromatic N) is 3. The highest BCUT2D eigenvalue weighted by Gasteiger charge is 2.24. The topological polar surface area (TPSA) is 126 Å². The highest BCUT2D eigenvalue weighted by Crippen LogP contribution is 2.34. The molecule has 3 aromatic rings. The van der Waals surface area contributed by atoms with E-state index in [1.54, 1.807) is 6.07 Å². The maximum atomic E-state index is 11.9. The molecule has 1 aromatic heterocycles. The van der Waals surface area contributed by atoms with Gasteiger partial charge < -0.3 is 21.1 Å². The summed E-state index contributed by atoms with van der Waals surface area (Å²) in [6.45, 7) is 3.46. The molecule has 0 atom stereocenters.